The van der Waals surface area contributed by atoms with E-state index >= 15 is 0 Å². The molecule has 0 radical (unpaired) electrons. The van der Waals surface area contributed by atoms with Gasteiger partial charge in [-0.15, -0.1) is 10.2 Å². The van der Waals surface area contributed by atoms with E-state index in [1.165, 1.54) is 34.1 Å². The lowest BCUT2D eigenvalue weighted by Crippen LogP contribution is -2.29. The molecular formula is C22H26N6O8S. The minimum absolute atomic E-state index is 0.0533. The van der Waals surface area contributed by atoms with Crippen LogP contribution in [0.1, 0.15) is 26.7 Å². The lowest BCUT2D eigenvalue weighted by Gasteiger charge is -2.25. The van der Waals surface area contributed by atoms with Gasteiger partial charge in [-0.3, -0.25) is 29.3 Å². The molecule has 2 amide bonds. The van der Waals surface area contributed by atoms with E-state index < -0.39 is 28.7 Å². The highest BCUT2D eigenvalue weighted by Gasteiger charge is 2.19. The van der Waals surface area contributed by atoms with Crippen LogP contribution in [0.5, 0.6) is 0 Å². The maximum Gasteiger partial charge on any atom is 0.328 e. The monoisotopic (exact) mass is 534 g/mol. The van der Waals surface area contributed by atoms with Crippen molar-refractivity contribution in [3.05, 3.63) is 34.4 Å². The van der Waals surface area contributed by atoms with E-state index in [0.717, 1.165) is 11.3 Å². The Balaban J connectivity index is 2.43. The first-order valence-corrected chi connectivity index (χ1v) is 11.6. The van der Waals surface area contributed by atoms with Gasteiger partial charge in [-0.25, -0.2) is 0 Å². The quantitative estimate of drug-likeness (QED) is 0.176. The zero-order valence-corrected chi connectivity index (χ0v) is 21.4. The van der Waals surface area contributed by atoms with Crippen molar-refractivity contribution in [2.75, 3.05) is 42.8 Å². The predicted molar refractivity (Wildman–Crippen MR) is 136 cm³/mol. The molecule has 198 valence electrons. The van der Waals surface area contributed by atoms with Gasteiger partial charge in [0.2, 0.25) is 11.8 Å². The Morgan fingerprint density at radius 1 is 0.946 bits per heavy atom. The van der Waals surface area contributed by atoms with E-state index in [1.54, 1.807) is 23.1 Å². The fourth-order valence-corrected chi connectivity index (χ4v) is 3.79. The Morgan fingerprint density at radius 3 is 2.03 bits per heavy atom. The average molecular weight is 535 g/mol. The summed E-state index contributed by atoms with van der Waals surface area (Å²) in [7, 11) is 2.55. The first kappa shape index (κ1) is 28.8. The number of benzene rings is 1. The normalized spacial score (nSPS) is 10.6. The molecule has 2 rings (SSSR count). The van der Waals surface area contributed by atoms with Gasteiger partial charge in [0.1, 0.15) is 5.69 Å². The number of ether oxygens (including phenoxy) is 2. The fraction of sp³-hybridized carbons (Fsp3) is 0.364. The van der Waals surface area contributed by atoms with Crippen LogP contribution < -0.4 is 15.5 Å². The number of carbonyl (C=O) groups excluding carboxylic acids is 4. The summed E-state index contributed by atoms with van der Waals surface area (Å²) in [6, 6.07) is 5.97. The minimum atomic E-state index is -0.607. The van der Waals surface area contributed by atoms with Crippen LogP contribution in [0, 0.1) is 10.1 Å². The zero-order valence-electron chi connectivity index (χ0n) is 20.6. The number of azo groups is 1. The SMILES string of the molecule is COC(=O)CCN(CCC(=O)OC)c1ccc(N=Nc2sc([N+](=O)[O-])cc2NC(C)=O)c(NC(C)=O)c1. The molecule has 0 aliphatic heterocycles. The van der Waals surface area contributed by atoms with Gasteiger partial charge in [0, 0.05) is 32.6 Å². The zero-order chi connectivity index (χ0) is 27.5. The molecule has 2 N–H and O–H groups in total. The molecule has 14 nitrogen and oxygen atoms in total. The Hall–Kier alpha value is -4.40. The molecule has 2 aromatic rings. The van der Waals surface area contributed by atoms with E-state index in [9.17, 15) is 29.3 Å². The largest absolute Gasteiger partial charge is 0.469 e. The number of esters is 2. The smallest absolute Gasteiger partial charge is 0.328 e. The fourth-order valence-electron chi connectivity index (χ4n) is 3.04. The van der Waals surface area contributed by atoms with Crippen molar-refractivity contribution in [2.45, 2.75) is 26.7 Å². The molecule has 0 unspecified atom stereocenters. The average Bonchev–Trinajstić information content (AvgIpc) is 3.24. The van der Waals surface area contributed by atoms with E-state index in [1.807, 2.05) is 0 Å². The van der Waals surface area contributed by atoms with Crippen LogP contribution in [0.25, 0.3) is 0 Å². The molecular weight excluding hydrogens is 508 g/mol. The number of anilines is 3. The molecule has 1 heterocycles. The molecule has 1 aromatic heterocycles. The van der Waals surface area contributed by atoms with Crippen LogP contribution in [0.3, 0.4) is 0 Å². The standard InChI is InChI=1S/C22H26N6O8S/c1-13(29)23-17-11-15(27(9-7-20(31)35-3)10-8-21(32)36-4)5-6-16(17)25-26-22-18(24-14(2)30)12-19(37-22)28(33)34/h5-6,11-12H,7-10H2,1-4H3,(H,23,29)(H,24,30). The van der Waals surface area contributed by atoms with Gasteiger partial charge < -0.3 is 25.0 Å². The Bertz CT molecular complexity index is 1190. The predicted octanol–water partition coefficient (Wildman–Crippen LogP) is 3.92. The molecule has 15 heteroatoms. The highest BCUT2D eigenvalue weighted by atomic mass is 32.1. The third-order valence-electron chi connectivity index (χ3n) is 4.72. The van der Waals surface area contributed by atoms with Crippen molar-refractivity contribution in [3.8, 4) is 0 Å². The van der Waals surface area contributed by atoms with Crippen LogP contribution in [-0.2, 0) is 28.7 Å². The first-order valence-electron chi connectivity index (χ1n) is 10.8. The number of thiophene rings is 1. The van der Waals surface area contributed by atoms with Crippen LogP contribution in [0.4, 0.5) is 32.8 Å². The van der Waals surface area contributed by atoms with Crippen molar-refractivity contribution < 1.29 is 33.6 Å². The van der Waals surface area contributed by atoms with Gasteiger partial charge in [-0.05, 0) is 29.5 Å². The molecule has 0 saturated heterocycles. The summed E-state index contributed by atoms with van der Waals surface area (Å²) in [6.07, 6.45) is 0.107. The van der Waals surface area contributed by atoms with E-state index in [-0.39, 0.29) is 53.0 Å². The summed E-state index contributed by atoms with van der Waals surface area (Å²) in [6.45, 7) is 3.01. The second kappa shape index (κ2) is 13.6. The summed E-state index contributed by atoms with van der Waals surface area (Å²) >= 11 is 0.722. The second-order valence-corrected chi connectivity index (χ2v) is 8.47. The second-order valence-electron chi connectivity index (χ2n) is 7.46. The molecule has 0 spiro atoms. The number of hydrogen-bond acceptors (Lipinski definition) is 12. The van der Waals surface area contributed by atoms with Crippen LogP contribution >= 0.6 is 11.3 Å². The summed E-state index contributed by atoms with van der Waals surface area (Å²) in [5, 5.41) is 24.3. The van der Waals surface area contributed by atoms with Crippen LogP contribution in [0.15, 0.2) is 34.5 Å². The van der Waals surface area contributed by atoms with E-state index in [4.69, 9.17) is 9.47 Å². The molecule has 0 fully saturated rings. The molecule has 0 bridgehead atoms. The lowest BCUT2D eigenvalue weighted by molar-refractivity contribution is -0.380. The molecule has 0 atom stereocenters. The molecule has 0 aliphatic rings. The maximum absolute atomic E-state index is 11.8. The van der Waals surface area contributed by atoms with Gasteiger partial charge in [0.05, 0.1) is 49.4 Å². The molecule has 0 aliphatic carbocycles. The minimum Gasteiger partial charge on any atom is -0.469 e. The number of nitrogens with one attached hydrogen (secondary N) is 2. The van der Waals surface area contributed by atoms with E-state index in [2.05, 4.69) is 20.9 Å². The van der Waals surface area contributed by atoms with Crippen molar-refractivity contribution in [2.24, 2.45) is 10.2 Å². The Kier molecular flexibility index (Phi) is 10.6. The first-order chi connectivity index (χ1) is 17.5. The summed E-state index contributed by atoms with van der Waals surface area (Å²) in [4.78, 5) is 59.0. The third-order valence-corrected chi connectivity index (χ3v) is 5.69. The molecule has 1 aromatic carbocycles. The summed E-state index contributed by atoms with van der Waals surface area (Å²) in [5.74, 6) is -1.70. The highest BCUT2D eigenvalue weighted by Crippen LogP contribution is 2.41. The van der Waals surface area contributed by atoms with Crippen LogP contribution in [0.2, 0.25) is 0 Å². The van der Waals surface area contributed by atoms with Crippen molar-refractivity contribution >= 4 is 67.8 Å². The van der Waals surface area contributed by atoms with Crippen molar-refractivity contribution in [1.82, 2.24) is 0 Å². The number of methoxy groups -OCH3 is 2. The number of nitrogens with zero attached hydrogens (tertiary/aromatic N) is 4. The molecule has 0 saturated carbocycles. The number of carbonyl (C=O) groups is 4. The molecule has 37 heavy (non-hydrogen) atoms. The summed E-state index contributed by atoms with van der Waals surface area (Å²) < 4.78 is 9.39. The van der Waals surface area contributed by atoms with Crippen molar-refractivity contribution in [1.29, 1.82) is 0 Å². The van der Waals surface area contributed by atoms with Gasteiger partial charge in [-0.1, -0.05) is 0 Å². The number of nitro groups is 1. The van der Waals surface area contributed by atoms with Crippen molar-refractivity contribution in [3.63, 3.8) is 0 Å². The van der Waals surface area contributed by atoms with Crippen LogP contribution in [-0.4, -0.2) is 56.0 Å². The highest BCUT2D eigenvalue weighted by molar-refractivity contribution is 7.19. The summed E-state index contributed by atoms with van der Waals surface area (Å²) in [5.41, 5.74) is 1.19. The van der Waals surface area contributed by atoms with Gasteiger partial charge in [-0.2, -0.15) is 0 Å². The Labute approximate surface area is 215 Å². The van der Waals surface area contributed by atoms with E-state index in [0.29, 0.717) is 5.69 Å². The topological polar surface area (TPSA) is 182 Å². The maximum atomic E-state index is 11.8. The third kappa shape index (κ3) is 8.96. The number of rotatable bonds is 12. The Morgan fingerprint density at radius 2 is 1.51 bits per heavy atom. The lowest BCUT2D eigenvalue weighted by atomic mass is 10.2. The van der Waals surface area contributed by atoms with Gasteiger partial charge >= 0.3 is 16.9 Å². The van der Waals surface area contributed by atoms with Gasteiger partial charge in [0.25, 0.3) is 0 Å². The number of hydrogen-bond donors (Lipinski definition) is 2. The van der Waals surface area contributed by atoms with Gasteiger partial charge in [0.15, 0.2) is 5.00 Å². The number of amides is 2.